The molecule has 1 rings (SSSR count). The number of rotatable bonds is 1. The van der Waals surface area contributed by atoms with Crippen LogP contribution in [0.3, 0.4) is 0 Å². The number of phenolic OH excluding ortho intramolecular Hbond substituents is 1. The van der Waals surface area contributed by atoms with E-state index in [9.17, 15) is 10.1 Å². The SMILES string of the molecule is N#CC#Cc1ccc(O)c([N+](=O)[O-])c1. The molecule has 0 saturated carbocycles. The van der Waals surface area contributed by atoms with Crippen LogP contribution in [0.1, 0.15) is 5.56 Å². The predicted molar refractivity (Wildman–Crippen MR) is 47.3 cm³/mol. The van der Waals surface area contributed by atoms with Crippen molar-refractivity contribution in [3.63, 3.8) is 0 Å². The minimum absolute atomic E-state index is 0.316. The van der Waals surface area contributed by atoms with Gasteiger partial charge in [0.15, 0.2) is 11.8 Å². The normalized spacial score (nSPS) is 8.21. The summed E-state index contributed by atoms with van der Waals surface area (Å²) in [4.78, 5) is 9.66. The summed E-state index contributed by atoms with van der Waals surface area (Å²) in [5.41, 5.74) is -0.106. The maximum Gasteiger partial charge on any atom is 0.311 e. The Kier molecular flexibility index (Phi) is 2.68. The van der Waals surface area contributed by atoms with Gasteiger partial charge in [0.2, 0.25) is 0 Å². The molecule has 5 nitrogen and oxygen atoms in total. The summed E-state index contributed by atoms with van der Waals surface area (Å²) in [5.74, 6) is 4.07. The molecule has 1 N–H and O–H groups in total. The molecule has 1 aromatic carbocycles. The van der Waals surface area contributed by atoms with E-state index < -0.39 is 16.4 Å². The fraction of sp³-hybridized carbons (Fsp3) is 0. The van der Waals surface area contributed by atoms with Gasteiger partial charge in [0.05, 0.1) is 4.92 Å². The van der Waals surface area contributed by atoms with E-state index in [1.807, 2.05) is 0 Å². The zero-order valence-corrected chi connectivity index (χ0v) is 6.89. The smallest absolute Gasteiger partial charge is 0.311 e. The summed E-state index contributed by atoms with van der Waals surface area (Å²) < 4.78 is 0. The molecule has 0 aromatic heterocycles. The third kappa shape index (κ3) is 1.99. The van der Waals surface area contributed by atoms with Crippen molar-refractivity contribution < 1.29 is 10.0 Å². The van der Waals surface area contributed by atoms with Gasteiger partial charge in [0, 0.05) is 17.6 Å². The number of nitro groups is 1. The predicted octanol–water partition coefficient (Wildman–Crippen LogP) is 1.18. The second-order valence-corrected chi connectivity index (χ2v) is 2.32. The van der Waals surface area contributed by atoms with Crippen LogP contribution in [0.25, 0.3) is 0 Å². The summed E-state index contributed by atoms with van der Waals surface area (Å²) in [6.45, 7) is 0. The first-order valence-electron chi connectivity index (χ1n) is 3.52. The molecule has 0 bridgehead atoms. The highest BCUT2D eigenvalue weighted by molar-refractivity contribution is 5.52. The van der Waals surface area contributed by atoms with E-state index in [1.54, 1.807) is 6.07 Å². The van der Waals surface area contributed by atoms with Gasteiger partial charge in [-0.2, -0.15) is 5.26 Å². The molecule has 0 unspecified atom stereocenters. The summed E-state index contributed by atoms with van der Waals surface area (Å²) in [6.07, 6.45) is 0. The number of hydrogen-bond acceptors (Lipinski definition) is 4. The average molecular weight is 188 g/mol. The minimum atomic E-state index is -0.715. The highest BCUT2D eigenvalue weighted by Gasteiger charge is 2.12. The van der Waals surface area contributed by atoms with Crippen molar-refractivity contribution >= 4 is 5.69 Å². The highest BCUT2D eigenvalue weighted by Crippen LogP contribution is 2.25. The number of aromatic hydroxyl groups is 1. The van der Waals surface area contributed by atoms with E-state index in [4.69, 9.17) is 10.4 Å². The van der Waals surface area contributed by atoms with Crippen molar-refractivity contribution in [1.82, 2.24) is 0 Å². The van der Waals surface area contributed by atoms with Gasteiger partial charge in [-0.1, -0.05) is 5.92 Å². The fourth-order valence-electron chi connectivity index (χ4n) is 0.848. The van der Waals surface area contributed by atoms with Crippen molar-refractivity contribution in [1.29, 1.82) is 5.26 Å². The Morgan fingerprint density at radius 1 is 1.50 bits per heavy atom. The van der Waals surface area contributed by atoms with E-state index in [1.165, 1.54) is 12.1 Å². The lowest BCUT2D eigenvalue weighted by Crippen LogP contribution is -1.89. The van der Waals surface area contributed by atoms with Crippen molar-refractivity contribution in [2.75, 3.05) is 0 Å². The van der Waals surface area contributed by atoms with E-state index >= 15 is 0 Å². The van der Waals surface area contributed by atoms with E-state index in [2.05, 4.69) is 11.8 Å². The third-order valence-corrected chi connectivity index (χ3v) is 1.43. The molecule has 5 heteroatoms. The van der Waals surface area contributed by atoms with Crippen LogP contribution >= 0.6 is 0 Å². The van der Waals surface area contributed by atoms with Crippen LogP contribution in [-0.4, -0.2) is 10.0 Å². The van der Waals surface area contributed by atoms with Gasteiger partial charge in [0.25, 0.3) is 0 Å². The second-order valence-electron chi connectivity index (χ2n) is 2.32. The van der Waals surface area contributed by atoms with Gasteiger partial charge < -0.3 is 5.11 Å². The zero-order chi connectivity index (χ0) is 10.6. The van der Waals surface area contributed by atoms with Crippen LogP contribution in [-0.2, 0) is 0 Å². The van der Waals surface area contributed by atoms with Crippen LogP contribution in [0.15, 0.2) is 18.2 Å². The van der Waals surface area contributed by atoms with Crippen molar-refractivity contribution in [2.24, 2.45) is 0 Å². The number of benzene rings is 1. The highest BCUT2D eigenvalue weighted by atomic mass is 16.6. The van der Waals surface area contributed by atoms with Crippen molar-refractivity contribution in [2.45, 2.75) is 0 Å². The first-order valence-corrected chi connectivity index (χ1v) is 3.52. The van der Waals surface area contributed by atoms with E-state index in [0.717, 1.165) is 6.07 Å². The molecule has 0 amide bonds. The van der Waals surface area contributed by atoms with Crippen LogP contribution < -0.4 is 0 Å². The van der Waals surface area contributed by atoms with Crippen LogP contribution in [0.5, 0.6) is 5.75 Å². The number of phenols is 1. The quantitative estimate of drug-likeness (QED) is 0.407. The van der Waals surface area contributed by atoms with Crippen LogP contribution in [0.2, 0.25) is 0 Å². The first kappa shape index (κ1) is 9.56. The van der Waals surface area contributed by atoms with Gasteiger partial charge in [-0.05, 0) is 12.1 Å². The fourth-order valence-corrected chi connectivity index (χ4v) is 0.848. The maximum absolute atomic E-state index is 10.4. The van der Waals surface area contributed by atoms with Gasteiger partial charge in [-0.3, -0.25) is 10.1 Å². The van der Waals surface area contributed by atoms with Gasteiger partial charge >= 0.3 is 5.69 Å². The Bertz CT molecular complexity index is 477. The standard InChI is InChI=1S/C9H4N2O3/c10-5-1-2-7-3-4-9(12)8(6-7)11(13)14/h3-4,6,12H. The molecule has 0 aliphatic carbocycles. The van der Waals surface area contributed by atoms with Gasteiger partial charge in [-0.25, -0.2) is 0 Å². The first-order chi connectivity index (χ1) is 6.65. The molecule has 0 spiro atoms. The molecule has 0 atom stereocenters. The van der Waals surface area contributed by atoms with E-state index in [-0.39, 0.29) is 0 Å². The lowest BCUT2D eigenvalue weighted by Gasteiger charge is -1.95. The Balaban J connectivity index is 3.21. The molecule has 0 aliphatic heterocycles. The molecular weight excluding hydrogens is 184 g/mol. The lowest BCUT2D eigenvalue weighted by molar-refractivity contribution is -0.385. The lowest BCUT2D eigenvalue weighted by atomic mass is 10.2. The molecule has 1 aromatic rings. The van der Waals surface area contributed by atoms with E-state index in [0.29, 0.717) is 5.56 Å². The van der Waals surface area contributed by atoms with Gasteiger partial charge in [-0.15, -0.1) is 0 Å². The monoisotopic (exact) mass is 188 g/mol. The van der Waals surface area contributed by atoms with Gasteiger partial charge in [0.1, 0.15) is 0 Å². The summed E-state index contributed by atoms with van der Waals surface area (Å²) >= 11 is 0. The molecule has 0 saturated heterocycles. The summed E-state index contributed by atoms with van der Waals surface area (Å²) in [7, 11) is 0. The largest absolute Gasteiger partial charge is 0.502 e. The molecule has 14 heavy (non-hydrogen) atoms. The molecule has 0 fully saturated rings. The Morgan fingerprint density at radius 2 is 2.21 bits per heavy atom. The number of hydrogen-bond donors (Lipinski definition) is 1. The summed E-state index contributed by atoms with van der Waals surface area (Å²) in [6, 6.07) is 5.26. The summed E-state index contributed by atoms with van der Waals surface area (Å²) in [5, 5.41) is 27.6. The number of nitro benzene ring substituents is 1. The average Bonchev–Trinajstić information content (AvgIpc) is 2.16. The van der Waals surface area contributed by atoms with Crippen LogP contribution in [0.4, 0.5) is 5.69 Å². The Labute approximate surface area is 79.4 Å². The van der Waals surface area contributed by atoms with Crippen molar-refractivity contribution in [3.05, 3.63) is 33.9 Å². The topological polar surface area (TPSA) is 87.2 Å². The molecule has 0 radical (unpaired) electrons. The Morgan fingerprint density at radius 3 is 2.79 bits per heavy atom. The zero-order valence-electron chi connectivity index (χ0n) is 6.89. The molecule has 0 heterocycles. The molecular formula is C9H4N2O3. The molecule has 0 aliphatic rings. The van der Waals surface area contributed by atoms with Crippen molar-refractivity contribution in [3.8, 4) is 23.7 Å². The Hall–Kier alpha value is -2.53. The number of nitriles is 1. The van der Waals surface area contributed by atoms with Crippen LogP contribution in [0, 0.1) is 33.3 Å². The number of nitrogens with zero attached hydrogens (tertiary/aromatic N) is 2. The third-order valence-electron chi connectivity index (χ3n) is 1.43. The second kappa shape index (κ2) is 3.92. The molecule has 68 valence electrons. The minimum Gasteiger partial charge on any atom is -0.502 e. The maximum atomic E-state index is 10.4.